The SMILES string of the molecule is COc1sc(C(C)(C)C)cc1C(=O)NC1CCC(=O)NC1=O. The summed E-state index contributed by atoms with van der Waals surface area (Å²) in [6.45, 7) is 6.17. The van der Waals surface area contributed by atoms with Gasteiger partial charge in [-0.15, -0.1) is 11.3 Å². The van der Waals surface area contributed by atoms with Crippen molar-refractivity contribution in [1.82, 2.24) is 10.6 Å². The number of thiophene rings is 1. The predicted molar refractivity (Wildman–Crippen MR) is 83.2 cm³/mol. The smallest absolute Gasteiger partial charge is 0.256 e. The van der Waals surface area contributed by atoms with Crippen LogP contribution in [-0.2, 0) is 15.0 Å². The minimum atomic E-state index is -0.687. The molecule has 1 fully saturated rings. The summed E-state index contributed by atoms with van der Waals surface area (Å²) in [6.07, 6.45) is 0.541. The third-order valence-corrected chi connectivity index (χ3v) is 4.93. The highest BCUT2D eigenvalue weighted by Gasteiger charge is 2.30. The maximum Gasteiger partial charge on any atom is 0.256 e. The molecule has 1 aliphatic rings. The van der Waals surface area contributed by atoms with E-state index in [1.54, 1.807) is 6.07 Å². The molecule has 1 saturated heterocycles. The largest absolute Gasteiger partial charge is 0.487 e. The highest BCUT2D eigenvalue weighted by atomic mass is 32.1. The second kappa shape index (κ2) is 6.08. The lowest BCUT2D eigenvalue weighted by Gasteiger charge is -2.21. The van der Waals surface area contributed by atoms with Gasteiger partial charge in [0.2, 0.25) is 11.8 Å². The Morgan fingerprint density at radius 3 is 2.64 bits per heavy atom. The fourth-order valence-corrected chi connectivity index (χ4v) is 3.15. The summed E-state index contributed by atoms with van der Waals surface area (Å²) in [5, 5.41) is 5.41. The van der Waals surface area contributed by atoms with Crippen LogP contribution in [0.4, 0.5) is 0 Å². The number of amides is 3. The molecular weight excluding hydrogens is 304 g/mol. The van der Waals surface area contributed by atoms with Crippen molar-refractivity contribution in [3.8, 4) is 5.06 Å². The number of rotatable bonds is 3. The molecule has 6 nitrogen and oxygen atoms in total. The van der Waals surface area contributed by atoms with E-state index in [1.165, 1.54) is 18.4 Å². The third kappa shape index (κ3) is 3.47. The van der Waals surface area contributed by atoms with E-state index in [2.05, 4.69) is 31.4 Å². The molecule has 3 amide bonds. The number of nitrogens with one attached hydrogen (secondary N) is 2. The van der Waals surface area contributed by atoms with Crippen molar-refractivity contribution < 1.29 is 19.1 Å². The summed E-state index contributed by atoms with van der Waals surface area (Å²) in [7, 11) is 1.51. The molecule has 7 heteroatoms. The van der Waals surface area contributed by atoms with Gasteiger partial charge < -0.3 is 10.1 Å². The van der Waals surface area contributed by atoms with Gasteiger partial charge in [-0.3, -0.25) is 19.7 Å². The van der Waals surface area contributed by atoms with Crippen LogP contribution in [0.2, 0.25) is 0 Å². The van der Waals surface area contributed by atoms with Crippen LogP contribution >= 0.6 is 11.3 Å². The monoisotopic (exact) mass is 324 g/mol. The van der Waals surface area contributed by atoms with Crippen molar-refractivity contribution in [3.05, 3.63) is 16.5 Å². The summed E-state index contributed by atoms with van der Waals surface area (Å²) in [5.41, 5.74) is 0.326. The zero-order valence-corrected chi connectivity index (χ0v) is 13.9. The first-order valence-corrected chi connectivity index (χ1v) is 7.87. The minimum absolute atomic E-state index is 0.0922. The molecule has 1 aromatic heterocycles. The van der Waals surface area contributed by atoms with Gasteiger partial charge in [-0.2, -0.15) is 0 Å². The molecule has 0 saturated carbocycles. The summed E-state index contributed by atoms with van der Waals surface area (Å²) in [5.74, 6) is -1.13. The van der Waals surface area contributed by atoms with Crippen molar-refractivity contribution in [3.63, 3.8) is 0 Å². The Kier molecular flexibility index (Phi) is 4.55. The number of ether oxygens (including phenoxy) is 1. The van der Waals surface area contributed by atoms with Crippen molar-refractivity contribution in [2.75, 3.05) is 7.11 Å². The molecule has 1 unspecified atom stereocenters. The summed E-state index contributed by atoms with van der Waals surface area (Å²) in [4.78, 5) is 36.3. The van der Waals surface area contributed by atoms with E-state index >= 15 is 0 Å². The molecule has 1 atom stereocenters. The molecule has 1 aromatic rings. The van der Waals surface area contributed by atoms with Gasteiger partial charge in [-0.05, 0) is 17.9 Å². The van der Waals surface area contributed by atoms with E-state index in [4.69, 9.17) is 4.74 Å². The maximum absolute atomic E-state index is 12.4. The van der Waals surface area contributed by atoms with Gasteiger partial charge in [-0.1, -0.05) is 20.8 Å². The second-order valence-electron chi connectivity index (χ2n) is 6.24. The van der Waals surface area contributed by atoms with E-state index in [0.29, 0.717) is 17.0 Å². The van der Waals surface area contributed by atoms with E-state index < -0.39 is 11.9 Å². The first-order chi connectivity index (χ1) is 10.2. The minimum Gasteiger partial charge on any atom is -0.487 e. The Bertz CT molecular complexity index is 616. The van der Waals surface area contributed by atoms with Gasteiger partial charge >= 0.3 is 0 Å². The van der Waals surface area contributed by atoms with Crippen LogP contribution in [0.25, 0.3) is 0 Å². The number of hydrogen-bond donors (Lipinski definition) is 2. The Balaban J connectivity index is 2.17. The van der Waals surface area contributed by atoms with Crippen molar-refractivity contribution in [2.24, 2.45) is 0 Å². The van der Waals surface area contributed by atoms with Crippen molar-refractivity contribution >= 4 is 29.1 Å². The Labute approximate surface area is 133 Å². The molecule has 0 spiro atoms. The van der Waals surface area contributed by atoms with Gasteiger partial charge in [-0.25, -0.2) is 0 Å². The summed E-state index contributed by atoms with van der Waals surface area (Å²) in [6, 6.07) is 1.11. The number of imide groups is 1. The van der Waals surface area contributed by atoms with E-state index in [1.807, 2.05) is 0 Å². The van der Waals surface area contributed by atoms with Crippen LogP contribution in [-0.4, -0.2) is 30.9 Å². The number of carbonyl (C=O) groups excluding carboxylic acids is 3. The first kappa shape index (κ1) is 16.5. The molecule has 0 aromatic carbocycles. The van der Waals surface area contributed by atoms with Gasteiger partial charge in [0.05, 0.1) is 12.7 Å². The number of carbonyl (C=O) groups is 3. The first-order valence-electron chi connectivity index (χ1n) is 7.05. The molecule has 0 aliphatic carbocycles. The fraction of sp³-hybridized carbons (Fsp3) is 0.533. The lowest BCUT2D eigenvalue weighted by molar-refractivity contribution is -0.134. The van der Waals surface area contributed by atoms with Gasteiger partial charge in [0.1, 0.15) is 6.04 Å². The quantitative estimate of drug-likeness (QED) is 0.827. The molecule has 2 N–H and O–H groups in total. The highest BCUT2D eigenvalue weighted by Crippen LogP contribution is 2.37. The van der Waals surface area contributed by atoms with Gasteiger partial charge in [0, 0.05) is 11.3 Å². The standard InChI is InChI=1S/C15H20N2O4S/c1-15(2,3)10-7-8(14(21-4)22-10)12(19)16-9-5-6-11(18)17-13(9)20/h7,9H,5-6H2,1-4H3,(H,16,19)(H,17,18,20). The summed E-state index contributed by atoms with van der Waals surface area (Å²) >= 11 is 1.42. The molecule has 22 heavy (non-hydrogen) atoms. The fourth-order valence-electron chi connectivity index (χ4n) is 2.12. The van der Waals surface area contributed by atoms with Crippen molar-refractivity contribution in [2.45, 2.75) is 45.1 Å². The zero-order valence-electron chi connectivity index (χ0n) is 13.1. The average Bonchev–Trinajstić information content (AvgIpc) is 2.86. The second-order valence-corrected chi connectivity index (χ2v) is 7.26. The van der Waals surface area contributed by atoms with Crippen LogP contribution in [0.3, 0.4) is 0 Å². The molecule has 1 aliphatic heterocycles. The van der Waals surface area contributed by atoms with Crippen molar-refractivity contribution in [1.29, 1.82) is 0 Å². The molecule has 120 valence electrons. The zero-order chi connectivity index (χ0) is 16.5. The normalized spacial score (nSPS) is 18.8. The predicted octanol–water partition coefficient (Wildman–Crippen LogP) is 1.59. The third-order valence-electron chi connectivity index (χ3n) is 3.41. The topological polar surface area (TPSA) is 84.5 Å². The van der Waals surface area contributed by atoms with Gasteiger partial charge in [0.15, 0.2) is 5.06 Å². The molecule has 2 heterocycles. The van der Waals surface area contributed by atoms with Crippen LogP contribution in [0.1, 0.15) is 48.8 Å². The Morgan fingerprint density at radius 2 is 2.09 bits per heavy atom. The lowest BCUT2D eigenvalue weighted by Crippen LogP contribution is -2.52. The molecule has 0 radical (unpaired) electrons. The molecule has 0 bridgehead atoms. The van der Waals surface area contributed by atoms with E-state index in [0.717, 1.165) is 4.88 Å². The van der Waals surface area contributed by atoms with Crippen LogP contribution in [0.15, 0.2) is 6.07 Å². The average molecular weight is 324 g/mol. The molecular formula is C15H20N2O4S. The summed E-state index contributed by atoms with van der Waals surface area (Å²) < 4.78 is 5.28. The lowest BCUT2D eigenvalue weighted by atomic mass is 9.94. The Hall–Kier alpha value is -1.89. The van der Waals surface area contributed by atoms with Crippen LogP contribution in [0, 0.1) is 0 Å². The van der Waals surface area contributed by atoms with E-state index in [9.17, 15) is 14.4 Å². The number of piperidine rings is 1. The van der Waals surface area contributed by atoms with Crippen LogP contribution < -0.4 is 15.4 Å². The number of methoxy groups -OCH3 is 1. The van der Waals surface area contributed by atoms with E-state index in [-0.39, 0.29) is 23.7 Å². The highest BCUT2D eigenvalue weighted by molar-refractivity contribution is 7.14. The van der Waals surface area contributed by atoms with Crippen LogP contribution in [0.5, 0.6) is 5.06 Å². The number of hydrogen-bond acceptors (Lipinski definition) is 5. The Morgan fingerprint density at radius 1 is 1.41 bits per heavy atom. The molecule has 2 rings (SSSR count). The maximum atomic E-state index is 12.4. The van der Waals surface area contributed by atoms with Gasteiger partial charge in [0.25, 0.3) is 5.91 Å².